The SMILES string of the molecule is CC[C@@H](C)CC/C=C/[C]=O. The third kappa shape index (κ3) is 5.54. The van der Waals surface area contributed by atoms with E-state index in [2.05, 4.69) is 13.8 Å². The fourth-order valence-electron chi connectivity index (χ4n) is 0.716. The Bertz CT molecular complexity index is 105. The highest BCUT2D eigenvalue weighted by molar-refractivity contribution is 5.65. The second kappa shape index (κ2) is 6.53. The van der Waals surface area contributed by atoms with Gasteiger partial charge in [-0.25, -0.2) is 0 Å². The van der Waals surface area contributed by atoms with Crippen molar-refractivity contribution in [2.24, 2.45) is 5.92 Å². The number of carbonyl (C=O) groups excluding carboxylic acids is 1. The number of hydrogen-bond acceptors (Lipinski definition) is 1. The standard InChI is InChI=1S/C9H15O/c1-3-9(2)7-5-4-6-8-10/h4,6,9H,3,5,7H2,1-2H3/b6-4+/t9-/m1/s1. The van der Waals surface area contributed by atoms with Crippen molar-refractivity contribution in [2.45, 2.75) is 33.1 Å². The average Bonchev–Trinajstić information content (AvgIpc) is 1.98. The minimum atomic E-state index is 0.774. The van der Waals surface area contributed by atoms with E-state index in [1.54, 1.807) is 6.29 Å². The van der Waals surface area contributed by atoms with Crippen molar-refractivity contribution in [1.82, 2.24) is 0 Å². The Morgan fingerprint density at radius 2 is 2.30 bits per heavy atom. The van der Waals surface area contributed by atoms with Crippen LogP contribution < -0.4 is 0 Å². The molecule has 1 nitrogen and oxygen atoms in total. The molecule has 0 heterocycles. The quantitative estimate of drug-likeness (QED) is 0.535. The summed E-state index contributed by atoms with van der Waals surface area (Å²) < 4.78 is 0. The van der Waals surface area contributed by atoms with Crippen LogP contribution in [0.25, 0.3) is 0 Å². The van der Waals surface area contributed by atoms with Gasteiger partial charge in [0, 0.05) is 0 Å². The Morgan fingerprint density at radius 3 is 2.80 bits per heavy atom. The van der Waals surface area contributed by atoms with E-state index in [0.29, 0.717) is 0 Å². The molecule has 0 bridgehead atoms. The molecule has 10 heavy (non-hydrogen) atoms. The molecule has 1 atom stereocenters. The molecule has 1 heteroatoms. The van der Waals surface area contributed by atoms with Crippen LogP contribution in [0.3, 0.4) is 0 Å². The van der Waals surface area contributed by atoms with Crippen molar-refractivity contribution >= 4 is 6.29 Å². The van der Waals surface area contributed by atoms with Crippen molar-refractivity contribution in [3.8, 4) is 0 Å². The van der Waals surface area contributed by atoms with Gasteiger partial charge in [-0.3, -0.25) is 4.79 Å². The zero-order valence-electron chi connectivity index (χ0n) is 6.76. The second-order valence-corrected chi connectivity index (χ2v) is 2.61. The van der Waals surface area contributed by atoms with Crippen molar-refractivity contribution in [3.63, 3.8) is 0 Å². The lowest BCUT2D eigenvalue weighted by atomic mass is 10.0. The summed E-state index contributed by atoms with van der Waals surface area (Å²) in [5.74, 6) is 0.774. The smallest absolute Gasteiger partial charge is 0.225 e. The molecule has 0 fully saturated rings. The molecular formula is C9H15O. The Kier molecular flexibility index (Phi) is 6.14. The van der Waals surface area contributed by atoms with E-state index < -0.39 is 0 Å². The summed E-state index contributed by atoms with van der Waals surface area (Å²) in [5, 5.41) is 0. The zero-order valence-corrected chi connectivity index (χ0v) is 6.76. The van der Waals surface area contributed by atoms with Crippen LogP contribution in [0, 0.1) is 5.92 Å². The molecule has 0 amide bonds. The van der Waals surface area contributed by atoms with Crippen LogP contribution in [0.2, 0.25) is 0 Å². The van der Waals surface area contributed by atoms with Crippen LogP contribution in [-0.2, 0) is 4.79 Å². The maximum Gasteiger partial charge on any atom is 0.225 e. The van der Waals surface area contributed by atoms with Gasteiger partial charge >= 0.3 is 0 Å². The van der Waals surface area contributed by atoms with Gasteiger partial charge in [-0.2, -0.15) is 0 Å². The summed E-state index contributed by atoms with van der Waals surface area (Å²) in [4.78, 5) is 9.71. The van der Waals surface area contributed by atoms with Gasteiger partial charge in [0.1, 0.15) is 0 Å². The number of allylic oxidation sites excluding steroid dienone is 2. The summed E-state index contributed by atoms with van der Waals surface area (Å²) >= 11 is 0. The first-order chi connectivity index (χ1) is 4.81. The van der Waals surface area contributed by atoms with Crippen LogP contribution in [0.5, 0.6) is 0 Å². The lowest BCUT2D eigenvalue weighted by molar-refractivity contribution is 0.521. The van der Waals surface area contributed by atoms with E-state index in [4.69, 9.17) is 0 Å². The number of rotatable bonds is 5. The first kappa shape index (κ1) is 9.41. The maximum atomic E-state index is 9.71. The molecular weight excluding hydrogens is 124 g/mol. The third-order valence-corrected chi connectivity index (χ3v) is 1.71. The van der Waals surface area contributed by atoms with E-state index >= 15 is 0 Å². The lowest BCUT2D eigenvalue weighted by Gasteiger charge is -2.03. The lowest BCUT2D eigenvalue weighted by Crippen LogP contribution is -1.89. The van der Waals surface area contributed by atoms with Crippen LogP contribution >= 0.6 is 0 Å². The normalized spacial score (nSPS) is 13.8. The molecule has 0 aromatic heterocycles. The van der Waals surface area contributed by atoms with E-state index in [-0.39, 0.29) is 0 Å². The molecule has 57 valence electrons. The van der Waals surface area contributed by atoms with E-state index in [9.17, 15) is 4.79 Å². The summed E-state index contributed by atoms with van der Waals surface area (Å²) in [7, 11) is 0. The Balaban J connectivity index is 3.18. The van der Waals surface area contributed by atoms with Crippen LogP contribution in [0.4, 0.5) is 0 Å². The van der Waals surface area contributed by atoms with Crippen molar-refractivity contribution < 1.29 is 4.79 Å². The van der Waals surface area contributed by atoms with Gasteiger partial charge in [0.2, 0.25) is 6.29 Å². The van der Waals surface area contributed by atoms with Gasteiger partial charge in [-0.15, -0.1) is 0 Å². The van der Waals surface area contributed by atoms with Gasteiger partial charge in [0.05, 0.1) is 0 Å². The highest BCUT2D eigenvalue weighted by Crippen LogP contribution is 2.08. The molecule has 0 saturated carbocycles. The average molecular weight is 139 g/mol. The van der Waals surface area contributed by atoms with Crippen molar-refractivity contribution in [2.75, 3.05) is 0 Å². The van der Waals surface area contributed by atoms with Gasteiger partial charge in [-0.05, 0) is 24.8 Å². The highest BCUT2D eigenvalue weighted by Gasteiger charge is 1.94. The molecule has 0 aliphatic rings. The Labute approximate surface area is 63.1 Å². The predicted molar refractivity (Wildman–Crippen MR) is 43.5 cm³/mol. The van der Waals surface area contributed by atoms with E-state index in [1.807, 2.05) is 6.08 Å². The summed E-state index contributed by atoms with van der Waals surface area (Å²) in [6.45, 7) is 4.40. The first-order valence-corrected chi connectivity index (χ1v) is 3.84. The fraction of sp³-hybridized carbons (Fsp3) is 0.667. The second-order valence-electron chi connectivity index (χ2n) is 2.61. The zero-order chi connectivity index (χ0) is 7.82. The molecule has 0 aromatic rings. The summed E-state index contributed by atoms with van der Waals surface area (Å²) in [6, 6.07) is 0. The minimum absolute atomic E-state index is 0.774. The monoisotopic (exact) mass is 139 g/mol. The molecule has 0 unspecified atom stereocenters. The number of hydrogen-bond donors (Lipinski definition) is 0. The predicted octanol–water partition coefficient (Wildman–Crippen LogP) is 2.48. The minimum Gasteiger partial charge on any atom is -0.286 e. The highest BCUT2D eigenvalue weighted by atomic mass is 16.1. The van der Waals surface area contributed by atoms with Crippen molar-refractivity contribution in [1.29, 1.82) is 0 Å². The summed E-state index contributed by atoms with van der Waals surface area (Å²) in [5.41, 5.74) is 0. The molecule has 0 saturated heterocycles. The van der Waals surface area contributed by atoms with Gasteiger partial charge in [-0.1, -0.05) is 26.3 Å². The largest absolute Gasteiger partial charge is 0.286 e. The van der Waals surface area contributed by atoms with Crippen molar-refractivity contribution in [3.05, 3.63) is 12.2 Å². The van der Waals surface area contributed by atoms with Crippen LogP contribution in [0.15, 0.2) is 12.2 Å². The molecule has 0 N–H and O–H groups in total. The van der Waals surface area contributed by atoms with Gasteiger partial charge in [0.25, 0.3) is 0 Å². The molecule has 0 aromatic carbocycles. The Hall–Kier alpha value is -0.590. The van der Waals surface area contributed by atoms with Gasteiger partial charge < -0.3 is 0 Å². The maximum absolute atomic E-state index is 9.71. The molecule has 0 aliphatic heterocycles. The third-order valence-electron chi connectivity index (χ3n) is 1.71. The Morgan fingerprint density at radius 1 is 1.60 bits per heavy atom. The van der Waals surface area contributed by atoms with Crippen LogP contribution in [-0.4, -0.2) is 6.29 Å². The summed E-state index contributed by atoms with van der Waals surface area (Å²) in [6.07, 6.45) is 8.45. The van der Waals surface area contributed by atoms with E-state index in [1.165, 1.54) is 18.9 Å². The van der Waals surface area contributed by atoms with Crippen LogP contribution in [0.1, 0.15) is 33.1 Å². The molecule has 0 rings (SSSR count). The van der Waals surface area contributed by atoms with Gasteiger partial charge in [0.15, 0.2) is 0 Å². The topological polar surface area (TPSA) is 17.1 Å². The molecule has 1 radical (unpaired) electrons. The fourth-order valence-corrected chi connectivity index (χ4v) is 0.716. The first-order valence-electron chi connectivity index (χ1n) is 3.84. The van der Waals surface area contributed by atoms with E-state index in [0.717, 1.165) is 12.3 Å². The molecule has 0 spiro atoms. The molecule has 0 aliphatic carbocycles.